The second-order valence-electron chi connectivity index (χ2n) is 6.57. The minimum Gasteiger partial charge on any atom is -0.497 e. The highest BCUT2D eigenvalue weighted by Crippen LogP contribution is 2.11. The number of aliphatic imine (C=N–C) groups is 1. The van der Waals surface area contributed by atoms with Gasteiger partial charge in [-0.15, -0.1) is 24.0 Å². The highest BCUT2D eigenvalue weighted by Gasteiger charge is 2.21. The number of nitrogens with zero attached hydrogens (tertiary/aromatic N) is 2. The Labute approximate surface area is 174 Å². The average molecular weight is 476 g/mol. The summed E-state index contributed by atoms with van der Waals surface area (Å²) in [6, 6.07) is 8.05. The van der Waals surface area contributed by atoms with E-state index in [0.717, 1.165) is 50.9 Å². The van der Waals surface area contributed by atoms with E-state index >= 15 is 0 Å². The summed E-state index contributed by atoms with van der Waals surface area (Å²) in [6.07, 6.45) is 1.74. The summed E-state index contributed by atoms with van der Waals surface area (Å²) in [6.45, 7) is 9.06. The molecule has 0 spiro atoms. The van der Waals surface area contributed by atoms with Crippen LogP contribution >= 0.6 is 24.0 Å². The molecule has 0 saturated carbocycles. The van der Waals surface area contributed by atoms with Crippen molar-refractivity contribution < 1.29 is 9.47 Å². The number of ether oxygens (including phenoxy) is 2. The lowest BCUT2D eigenvalue weighted by Crippen LogP contribution is -2.46. The van der Waals surface area contributed by atoms with E-state index in [4.69, 9.17) is 9.47 Å². The van der Waals surface area contributed by atoms with Gasteiger partial charge in [0.15, 0.2) is 5.96 Å². The van der Waals surface area contributed by atoms with Gasteiger partial charge in [0.2, 0.25) is 0 Å². The number of benzene rings is 1. The first-order valence-corrected chi connectivity index (χ1v) is 9.06. The van der Waals surface area contributed by atoms with Crippen LogP contribution < -0.4 is 15.4 Å². The van der Waals surface area contributed by atoms with Crippen molar-refractivity contribution in [2.24, 2.45) is 4.99 Å². The summed E-state index contributed by atoms with van der Waals surface area (Å²) in [7, 11) is 3.48. The fourth-order valence-corrected chi connectivity index (χ4v) is 3.13. The third-order valence-electron chi connectivity index (χ3n) is 4.28. The first-order chi connectivity index (χ1) is 12.1. The van der Waals surface area contributed by atoms with E-state index in [9.17, 15) is 0 Å². The Morgan fingerprint density at radius 1 is 1.19 bits per heavy atom. The summed E-state index contributed by atoms with van der Waals surface area (Å²) in [5.41, 5.74) is 1.19. The highest BCUT2D eigenvalue weighted by molar-refractivity contribution is 14.0. The van der Waals surface area contributed by atoms with Crippen LogP contribution in [0.3, 0.4) is 0 Å². The molecule has 1 heterocycles. The molecule has 0 bridgehead atoms. The maximum absolute atomic E-state index is 5.77. The number of nitrogens with one attached hydrogen (secondary N) is 2. The van der Waals surface area contributed by atoms with Gasteiger partial charge in [0.25, 0.3) is 0 Å². The van der Waals surface area contributed by atoms with Gasteiger partial charge in [0.1, 0.15) is 5.75 Å². The zero-order valence-corrected chi connectivity index (χ0v) is 18.7. The molecule has 7 heteroatoms. The number of rotatable bonds is 7. The van der Waals surface area contributed by atoms with E-state index in [1.54, 1.807) is 14.2 Å². The molecule has 1 aromatic carbocycles. The quantitative estimate of drug-likeness (QED) is 0.274. The molecule has 6 nitrogen and oxygen atoms in total. The lowest BCUT2D eigenvalue weighted by molar-refractivity contribution is -0.0679. The summed E-state index contributed by atoms with van der Waals surface area (Å²) in [5, 5.41) is 6.72. The molecular formula is C19H33IN4O2. The van der Waals surface area contributed by atoms with Crippen LogP contribution in [0.4, 0.5) is 0 Å². The zero-order valence-electron chi connectivity index (χ0n) is 16.3. The van der Waals surface area contributed by atoms with Crippen molar-refractivity contribution in [2.45, 2.75) is 39.0 Å². The minimum atomic E-state index is 0. The van der Waals surface area contributed by atoms with Gasteiger partial charge in [-0.25, -0.2) is 0 Å². The van der Waals surface area contributed by atoms with Crippen LogP contribution in [0.5, 0.6) is 5.75 Å². The highest BCUT2D eigenvalue weighted by atomic mass is 127. The van der Waals surface area contributed by atoms with Gasteiger partial charge in [0, 0.05) is 39.8 Å². The van der Waals surface area contributed by atoms with Crippen molar-refractivity contribution >= 4 is 29.9 Å². The molecule has 0 aromatic heterocycles. The SMILES string of the molecule is CN=C(NCCCN1CC(C)OC(C)C1)NCc1ccc(OC)cc1.I. The Morgan fingerprint density at radius 2 is 1.85 bits per heavy atom. The van der Waals surface area contributed by atoms with Crippen LogP contribution in [0, 0.1) is 0 Å². The van der Waals surface area contributed by atoms with Crippen LogP contribution in [0.15, 0.2) is 29.3 Å². The molecule has 1 aliphatic heterocycles. The van der Waals surface area contributed by atoms with Crippen molar-refractivity contribution in [1.82, 2.24) is 15.5 Å². The second kappa shape index (κ2) is 12.3. The third-order valence-corrected chi connectivity index (χ3v) is 4.28. The molecule has 0 amide bonds. The largest absolute Gasteiger partial charge is 0.497 e. The lowest BCUT2D eigenvalue weighted by Gasteiger charge is -2.35. The number of hydrogen-bond donors (Lipinski definition) is 2. The fraction of sp³-hybridized carbons (Fsp3) is 0.632. The Balaban J connectivity index is 0.00000338. The summed E-state index contributed by atoms with van der Waals surface area (Å²) < 4.78 is 10.9. The number of hydrogen-bond acceptors (Lipinski definition) is 4. The summed E-state index contributed by atoms with van der Waals surface area (Å²) in [5.74, 6) is 1.71. The topological polar surface area (TPSA) is 58.1 Å². The van der Waals surface area contributed by atoms with Gasteiger partial charge < -0.3 is 20.1 Å². The molecule has 2 unspecified atom stereocenters. The summed E-state index contributed by atoms with van der Waals surface area (Å²) in [4.78, 5) is 6.76. The molecule has 1 saturated heterocycles. The number of methoxy groups -OCH3 is 1. The van der Waals surface area contributed by atoms with Crippen molar-refractivity contribution in [3.63, 3.8) is 0 Å². The standard InChI is InChI=1S/C19H32N4O2.HI/c1-15-13-23(14-16(2)25-15)11-5-10-21-19(20-3)22-12-17-6-8-18(24-4)9-7-17;/h6-9,15-16H,5,10-14H2,1-4H3,(H2,20,21,22);1H. The first-order valence-electron chi connectivity index (χ1n) is 9.06. The fourth-order valence-electron chi connectivity index (χ4n) is 3.13. The van der Waals surface area contributed by atoms with Gasteiger partial charge in [0.05, 0.1) is 19.3 Å². The van der Waals surface area contributed by atoms with Gasteiger partial charge >= 0.3 is 0 Å². The Morgan fingerprint density at radius 3 is 2.42 bits per heavy atom. The Hall–Kier alpha value is -1.06. The van der Waals surface area contributed by atoms with Crippen molar-refractivity contribution in [3.8, 4) is 5.75 Å². The summed E-state index contributed by atoms with van der Waals surface area (Å²) >= 11 is 0. The molecule has 1 aliphatic rings. The molecule has 148 valence electrons. The molecule has 0 radical (unpaired) electrons. The van der Waals surface area contributed by atoms with E-state index in [0.29, 0.717) is 12.2 Å². The van der Waals surface area contributed by atoms with Gasteiger partial charge in [-0.1, -0.05) is 12.1 Å². The van der Waals surface area contributed by atoms with E-state index in [1.165, 1.54) is 5.56 Å². The number of morpholine rings is 1. The van der Waals surface area contributed by atoms with Crippen molar-refractivity contribution in [3.05, 3.63) is 29.8 Å². The molecule has 2 rings (SSSR count). The molecule has 0 aliphatic carbocycles. The number of guanidine groups is 1. The predicted octanol–water partition coefficient (Wildman–Crippen LogP) is 2.48. The molecule has 2 N–H and O–H groups in total. The monoisotopic (exact) mass is 476 g/mol. The minimum absolute atomic E-state index is 0. The van der Waals surface area contributed by atoms with E-state index in [-0.39, 0.29) is 24.0 Å². The first kappa shape index (κ1) is 23.0. The lowest BCUT2D eigenvalue weighted by atomic mass is 10.2. The maximum atomic E-state index is 5.77. The molecule has 1 aromatic rings. The number of halogens is 1. The Bertz CT molecular complexity index is 529. The average Bonchev–Trinajstić information content (AvgIpc) is 2.61. The van der Waals surface area contributed by atoms with Gasteiger partial charge in [-0.2, -0.15) is 0 Å². The van der Waals surface area contributed by atoms with Crippen molar-refractivity contribution in [1.29, 1.82) is 0 Å². The van der Waals surface area contributed by atoms with E-state index in [1.807, 2.05) is 12.1 Å². The van der Waals surface area contributed by atoms with Crippen LogP contribution in [-0.2, 0) is 11.3 Å². The van der Waals surface area contributed by atoms with Crippen molar-refractivity contribution in [2.75, 3.05) is 40.3 Å². The van der Waals surface area contributed by atoms with Crippen LogP contribution in [0.25, 0.3) is 0 Å². The molecule has 26 heavy (non-hydrogen) atoms. The molecular weight excluding hydrogens is 443 g/mol. The van der Waals surface area contributed by atoms with Crippen LogP contribution in [-0.4, -0.2) is 63.4 Å². The smallest absolute Gasteiger partial charge is 0.191 e. The van der Waals surface area contributed by atoms with Crippen LogP contribution in [0.1, 0.15) is 25.8 Å². The molecule has 1 fully saturated rings. The molecule has 2 atom stereocenters. The van der Waals surface area contributed by atoms with Gasteiger partial charge in [-0.3, -0.25) is 9.89 Å². The Kier molecular flexibility index (Phi) is 10.9. The van der Waals surface area contributed by atoms with Crippen LogP contribution in [0.2, 0.25) is 0 Å². The third kappa shape index (κ3) is 8.09. The van der Waals surface area contributed by atoms with E-state index < -0.39 is 0 Å². The predicted molar refractivity (Wildman–Crippen MR) is 118 cm³/mol. The van der Waals surface area contributed by atoms with E-state index in [2.05, 4.69) is 46.5 Å². The maximum Gasteiger partial charge on any atom is 0.191 e. The second-order valence-corrected chi connectivity index (χ2v) is 6.57. The normalized spacial score (nSPS) is 21.0. The van der Waals surface area contributed by atoms with Gasteiger partial charge in [-0.05, 0) is 38.0 Å². The zero-order chi connectivity index (χ0) is 18.1.